The van der Waals surface area contributed by atoms with E-state index in [1.807, 2.05) is 41.0 Å². The Balaban J connectivity index is 1.62. The van der Waals surface area contributed by atoms with Crippen LogP contribution in [0.1, 0.15) is 30.3 Å². The second-order valence-electron chi connectivity index (χ2n) is 6.99. The highest BCUT2D eigenvalue weighted by Crippen LogP contribution is 2.33. The summed E-state index contributed by atoms with van der Waals surface area (Å²) in [6.45, 7) is 3.38. The molecule has 138 valence electrons. The number of nitrogens with zero attached hydrogens (tertiary/aromatic N) is 5. The number of aromatic nitrogens is 3. The summed E-state index contributed by atoms with van der Waals surface area (Å²) < 4.78 is 7.47. The Bertz CT molecular complexity index is 737. The maximum Gasteiger partial charge on any atom is 0.245 e. The lowest BCUT2D eigenvalue weighted by Gasteiger charge is -2.36. The van der Waals surface area contributed by atoms with Crippen LogP contribution in [-0.2, 0) is 23.1 Å². The molecule has 0 aromatic carbocycles. The van der Waals surface area contributed by atoms with Crippen LogP contribution >= 0.6 is 0 Å². The Morgan fingerprint density at radius 2 is 2.15 bits per heavy atom. The van der Waals surface area contributed by atoms with Crippen molar-refractivity contribution in [1.29, 1.82) is 0 Å². The summed E-state index contributed by atoms with van der Waals surface area (Å²) in [5, 5.41) is 0. The summed E-state index contributed by atoms with van der Waals surface area (Å²) in [6, 6.07) is 3.90. The summed E-state index contributed by atoms with van der Waals surface area (Å²) in [6.07, 6.45) is 9.40. The zero-order chi connectivity index (χ0) is 17.9. The van der Waals surface area contributed by atoms with Crippen molar-refractivity contribution in [1.82, 2.24) is 24.3 Å². The van der Waals surface area contributed by atoms with Crippen molar-refractivity contribution in [2.24, 2.45) is 7.05 Å². The van der Waals surface area contributed by atoms with Gasteiger partial charge in [0.05, 0.1) is 19.8 Å². The van der Waals surface area contributed by atoms with E-state index in [9.17, 15) is 4.79 Å². The molecule has 4 rings (SSSR count). The van der Waals surface area contributed by atoms with Crippen LogP contribution in [0.4, 0.5) is 0 Å². The molecule has 0 radical (unpaired) electrons. The molecule has 2 aromatic heterocycles. The third kappa shape index (κ3) is 3.64. The van der Waals surface area contributed by atoms with Crippen molar-refractivity contribution >= 4 is 5.91 Å². The lowest BCUT2D eigenvalue weighted by Crippen LogP contribution is -2.47. The lowest BCUT2D eigenvalue weighted by molar-refractivity contribution is -0.140. The van der Waals surface area contributed by atoms with Gasteiger partial charge in [-0.2, -0.15) is 0 Å². The maximum absolute atomic E-state index is 13.6. The topological polar surface area (TPSA) is 63.5 Å². The van der Waals surface area contributed by atoms with Crippen LogP contribution < -0.4 is 0 Å². The fourth-order valence-electron chi connectivity index (χ4n) is 3.51. The third-order valence-electron chi connectivity index (χ3n) is 5.15. The smallest absolute Gasteiger partial charge is 0.245 e. The van der Waals surface area contributed by atoms with E-state index >= 15 is 0 Å². The summed E-state index contributed by atoms with van der Waals surface area (Å²) in [5.41, 5.74) is 0.949. The number of imidazole rings is 1. The molecule has 1 amide bonds. The standard InChI is InChI=1S/C19H25N5O2/c1-22-8-7-21-17(22)14-24(16-4-5-16)19(25)18(15-3-2-6-20-13-15)23-9-11-26-12-10-23/h2-3,6-8,13,16,18H,4-5,9-12,14H2,1H3. The van der Waals surface area contributed by atoms with E-state index in [-0.39, 0.29) is 11.9 Å². The van der Waals surface area contributed by atoms with Crippen LogP contribution in [0.25, 0.3) is 0 Å². The molecule has 0 N–H and O–H groups in total. The maximum atomic E-state index is 13.6. The minimum atomic E-state index is -0.312. The summed E-state index contributed by atoms with van der Waals surface area (Å²) >= 11 is 0. The summed E-state index contributed by atoms with van der Waals surface area (Å²) in [4.78, 5) is 26.5. The zero-order valence-electron chi connectivity index (χ0n) is 15.1. The number of aryl methyl sites for hydroxylation is 1. The van der Waals surface area contributed by atoms with E-state index in [1.54, 1.807) is 12.4 Å². The van der Waals surface area contributed by atoms with Crippen LogP contribution in [0, 0.1) is 0 Å². The van der Waals surface area contributed by atoms with Gasteiger partial charge in [0.1, 0.15) is 11.9 Å². The molecule has 2 aromatic rings. The Hall–Kier alpha value is -2.25. The first-order valence-corrected chi connectivity index (χ1v) is 9.22. The first-order valence-electron chi connectivity index (χ1n) is 9.22. The van der Waals surface area contributed by atoms with Gasteiger partial charge in [-0.05, 0) is 24.5 Å². The largest absolute Gasteiger partial charge is 0.379 e. The highest BCUT2D eigenvalue weighted by molar-refractivity contribution is 5.83. The molecule has 1 saturated heterocycles. The fraction of sp³-hybridized carbons (Fsp3) is 0.526. The van der Waals surface area contributed by atoms with Gasteiger partial charge in [0, 0.05) is 51.0 Å². The van der Waals surface area contributed by atoms with E-state index in [1.165, 1.54) is 0 Å². The van der Waals surface area contributed by atoms with Crippen LogP contribution in [0.5, 0.6) is 0 Å². The Labute approximate surface area is 153 Å². The third-order valence-corrected chi connectivity index (χ3v) is 5.15. The molecule has 1 unspecified atom stereocenters. The molecule has 2 fully saturated rings. The van der Waals surface area contributed by atoms with E-state index in [0.717, 1.165) is 37.3 Å². The van der Waals surface area contributed by atoms with Gasteiger partial charge in [0.25, 0.3) is 0 Å². The predicted octanol–water partition coefficient (Wildman–Crippen LogP) is 1.38. The molecule has 1 aliphatic carbocycles. The van der Waals surface area contributed by atoms with Crippen molar-refractivity contribution < 1.29 is 9.53 Å². The second kappa shape index (κ2) is 7.55. The molecule has 0 bridgehead atoms. The fourth-order valence-corrected chi connectivity index (χ4v) is 3.51. The highest BCUT2D eigenvalue weighted by Gasteiger charge is 2.39. The monoisotopic (exact) mass is 355 g/mol. The van der Waals surface area contributed by atoms with Gasteiger partial charge < -0.3 is 14.2 Å². The van der Waals surface area contributed by atoms with Crippen LogP contribution in [-0.4, -0.2) is 62.6 Å². The van der Waals surface area contributed by atoms with Crippen LogP contribution in [0.2, 0.25) is 0 Å². The number of amides is 1. The van der Waals surface area contributed by atoms with Gasteiger partial charge in [-0.1, -0.05) is 6.07 Å². The number of pyridine rings is 1. The first kappa shape index (κ1) is 17.2. The van der Waals surface area contributed by atoms with E-state index in [4.69, 9.17) is 4.74 Å². The number of carbonyl (C=O) groups is 1. The Morgan fingerprint density at radius 1 is 1.35 bits per heavy atom. The second-order valence-corrected chi connectivity index (χ2v) is 6.99. The minimum absolute atomic E-state index is 0.144. The normalized spacial score (nSPS) is 19.3. The van der Waals surface area contributed by atoms with Gasteiger partial charge in [0.2, 0.25) is 5.91 Å². The van der Waals surface area contributed by atoms with Gasteiger partial charge in [0.15, 0.2) is 0 Å². The van der Waals surface area contributed by atoms with E-state index in [2.05, 4.69) is 14.9 Å². The van der Waals surface area contributed by atoms with Crippen molar-refractivity contribution in [2.75, 3.05) is 26.3 Å². The molecule has 3 heterocycles. The Morgan fingerprint density at radius 3 is 2.77 bits per heavy atom. The molecule has 26 heavy (non-hydrogen) atoms. The molecular weight excluding hydrogens is 330 g/mol. The van der Waals surface area contributed by atoms with Gasteiger partial charge in [-0.15, -0.1) is 0 Å². The molecular formula is C19H25N5O2. The van der Waals surface area contributed by atoms with Gasteiger partial charge in [-0.25, -0.2) is 4.98 Å². The number of hydrogen-bond acceptors (Lipinski definition) is 5. The van der Waals surface area contributed by atoms with Crippen molar-refractivity contribution in [2.45, 2.75) is 31.5 Å². The van der Waals surface area contributed by atoms with Crippen molar-refractivity contribution in [3.05, 3.63) is 48.3 Å². The lowest BCUT2D eigenvalue weighted by atomic mass is 10.0. The van der Waals surface area contributed by atoms with Crippen LogP contribution in [0.3, 0.4) is 0 Å². The molecule has 1 aliphatic heterocycles. The number of carbonyl (C=O) groups excluding carboxylic acids is 1. The number of hydrogen-bond donors (Lipinski definition) is 0. The quantitative estimate of drug-likeness (QED) is 0.783. The number of ether oxygens (including phenoxy) is 1. The molecule has 1 atom stereocenters. The average molecular weight is 355 g/mol. The minimum Gasteiger partial charge on any atom is -0.379 e. The molecule has 1 saturated carbocycles. The Kier molecular flexibility index (Phi) is 4.99. The SMILES string of the molecule is Cn1ccnc1CN(C(=O)C(c1cccnc1)N1CCOCC1)C1CC1. The predicted molar refractivity (Wildman–Crippen MR) is 96.2 cm³/mol. The van der Waals surface area contributed by atoms with Crippen LogP contribution in [0.15, 0.2) is 36.9 Å². The van der Waals surface area contributed by atoms with Crippen molar-refractivity contribution in [3.8, 4) is 0 Å². The zero-order valence-corrected chi connectivity index (χ0v) is 15.1. The molecule has 7 nitrogen and oxygen atoms in total. The van der Waals surface area contributed by atoms with Crippen molar-refractivity contribution in [3.63, 3.8) is 0 Å². The van der Waals surface area contributed by atoms with E-state index in [0.29, 0.717) is 25.8 Å². The van der Waals surface area contributed by atoms with Gasteiger partial charge in [-0.3, -0.25) is 14.7 Å². The summed E-state index contributed by atoms with van der Waals surface area (Å²) in [5.74, 6) is 1.06. The molecule has 0 spiro atoms. The first-order chi connectivity index (χ1) is 12.7. The number of rotatable bonds is 6. The van der Waals surface area contributed by atoms with Gasteiger partial charge >= 0.3 is 0 Å². The molecule has 2 aliphatic rings. The number of morpholine rings is 1. The van der Waals surface area contributed by atoms with E-state index < -0.39 is 0 Å². The molecule has 7 heteroatoms. The highest BCUT2D eigenvalue weighted by atomic mass is 16.5. The summed E-state index contributed by atoms with van der Waals surface area (Å²) in [7, 11) is 1.97. The average Bonchev–Trinajstić information content (AvgIpc) is 3.44.